The van der Waals surface area contributed by atoms with E-state index in [1.807, 2.05) is 20.8 Å². The van der Waals surface area contributed by atoms with Gasteiger partial charge in [-0.3, -0.25) is 0 Å². The van der Waals surface area contributed by atoms with Crippen LogP contribution in [0.25, 0.3) is 0 Å². The second kappa shape index (κ2) is 6.81. The number of hydrogen-bond acceptors (Lipinski definition) is 6. The van der Waals surface area contributed by atoms with Crippen LogP contribution in [-0.4, -0.2) is 46.2 Å². The van der Waals surface area contributed by atoms with E-state index < -0.39 is 5.60 Å². The molecule has 7 heteroatoms. The predicted molar refractivity (Wildman–Crippen MR) is 85.5 cm³/mol. The molecule has 1 aromatic rings. The van der Waals surface area contributed by atoms with Gasteiger partial charge in [0.1, 0.15) is 11.4 Å². The van der Waals surface area contributed by atoms with Crippen molar-refractivity contribution in [2.24, 2.45) is 5.92 Å². The Kier molecular flexibility index (Phi) is 5.05. The van der Waals surface area contributed by atoms with Gasteiger partial charge >= 0.3 is 6.09 Å². The van der Waals surface area contributed by atoms with Gasteiger partial charge < -0.3 is 20.7 Å². The molecule has 0 aliphatic carbocycles. The Bertz CT molecular complexity index is 507. The van der Waals surface area contributed by atoms with Gasteiger partial charge in [0.25, 0.3) is 0 Å². The monoisotopic (exact) mass is 307 g/mol. The van der Waals surface area contributed by atoms with E-state index in [0.717, 1.165) is 38.3 Å². The molecule has 0 unspecified atom stereocenters. The predicted octanol–water partition coefficient (Wildman–Crippen LogP) is 2.12. The van der Waals surface area contributed by atoms with Crippen LogP contribution in [0, 0.1) is 5.92 Å². The lowest BCUT2D eigenvalue weighted by atomic mass is 9.97. The number of rotatable bonds is 3. The minimum absolute atomic E-state index is 0.220. The first kappa shape index (κ1) is 16.3. The Labute approximate surface area is 131 Å². The summed E-state index contributed by atoms with van der Waals surface area (Å²) in [7, 11) is 0. The summed E-state index contributed by atoms with van der Waals surface area (Å²) in [6.45, 7) is 7.93. The van der Waals surface area contributed by atoms with Gasteiger partial charge in [0.2, 0.25) is 5.95 Å². The molecule has 1 aliphatic heterocycles. The molecule has 0 aromatic carbocycles. The van der Waals surface area contributed by atoms with Crippen molar-refractivity contribution in [1.82, 2.24) is 14.9 Å². The maximum Gasteiger partial charge on any atom is 0.410 e. The normalized spacial score (nSPS) is 16.4. The first-order valence-electron chi connectivity index (χ1n) is 7.64. The second-order valence-electron chi connectivity index (χ2n) is 6.59. The number of nitrogens with zero attached hydrogens (tertiary/aromatic N) is 3. The van der Waals surface area contributed by atoms with Crippen molar-refractivity contribution in [3.63, 3.8) is 0 Å². The number of ether oxygens (including phenoxy) is 1. The highest BCUT2D eigenvalue weighted by Crippen LogP contribution is 2.20. The largest absolute Gasteiger partial charge is 0.444 e. The number of carbonyl (C=O) groups is 1. The molecule has 2 rings (SSSR count). The molecule has 1 aromatic heterocycles. The van der Waals surface area contributed by atoms with E-state index >= 15 is 0 Å². The molecular weight excluding hydrogens is 282 g/mol. The lowest BCUT2D eigenvalue weighted by Gasteiger charge is -2.33. The first-order valence-corrected chi connectivity index (χ1v) is 7.64. The van der Waals surface area contributed by atoms with Gasteiger partial charge in [0, 0.05) is 25.8 Å². The minimum atomic E-state index is -0.442. The third kappa shape index (κ3) is 5.05. The molecule has 122 valence electrons. The topological polar surface area (TPSA) is 93.4 Å². The van der Waals surface area contributed by atoms with Crippen LogP contribution in [0.3, 0.4) is 0 Å². The Morgan fingerprint density at radius 2 is 2.14 bits per heavy atom. The van der Waals surface area contributed by atoms with Crippen molar-refractivity contribution in [1.29, 1.82) is 0 Å². The van der Waals surface area contributed by atoms with Crippen LogP contribution in [0.5, 0.6) is 0 Å². The number of carbonyl (C=O) groups excluding carboxylic acids is 1. The van der Waals surface area contributed by atoms with E-state index in [9.17, 15) is 4.79 Å². The Morgan fingerprint density at radius 3 is 2.73 bits per heavy atom. The summed E-state index contributed by atoms with van der Waals surface area (Å²) in [6.07, 6.45) is 3.32. The summed E-state index contributed by atoms with van der Waals surface area (Å²) in [6, 6.07) is 1.80. The molecule has 1 aliphatic rings. The van der Waals surface area contributed by atoms with Gasteiger partial charge in [-0.25, -0.2) is 9.78 Å². The van der Waals surface area contributed by atoms with Crippen LogP contribution < -0.4 is 11.1 Å². The molecule has 1 saturated heterocycles. The summed E-state index contributed by atoms with van der Waals surface area (Å²) in [5, 5.41) is 3.27. The highest BCUT2D eigenvalue weighted by molar-refractivity contribution is 5.68. The van der Waals surface area contributed by atoms with Gasteiger partial charge in [-0.15, -0.1) is 0 Å². The van der Waals surface area contributed by atoms with Crippen molar-refractivity contribution in [2.45, 2.75) is 39.2 Å². The fraction of sp³-hybridized carbons (Fsp3) is 0.667. The molecule has 1 fully saturated rings. The summed E-state index contributed by atoms with van der Waals surface area (Å²) >= 11 is 0. The molecule has 3 N–H and O–H groups in total. The van der Waals surface area contributed by atoms with E-state index in [-0.39, 0.29) is 12.0 Å². The molecule has 2 heterocycles. The van der Waals surface area contributed by atoms with Crippen LogP contribution in [0.1, 0.15) is 33.6 Å². The molecule has 0 bridgehead atoms. The summed E-state index contributed by atoms with van der Waals surface area (Å²) < 4.78 is 5.40. The number of nitrogens with two attached hydrogens (primary N) is 1. The quantitative estimate of drug-likeness (QED) is 0.888. The van der Waals surface area contributed by atoms with Crippen molar-refractivity contribution in [3.05, 3.63) is 12.3 Å². The molecule has 22 heavy (non-hydrogen) atoms. The van der Waals surface area contributed by atoms with Gasteiger partial charge in [-0.1, -0.05) is 0 Å². The maximum atomic E-state index is 12.0. The smallest absolute Gasteiger partial charge is 0.410 e. The lowest BCUT2D eigenvalue weighted by Crippen LogP contribution is -2.42. The molecular formula is C15H25N5O2. The highest BCUT2D eigenvalue weighted by Gasteiger charge is 2.26. The maximum absolute atomic E-state index is 12.0. The number of nitrogens with one attached hydrogen (secondary N) is 1. The van der Waals surface area contributed by atoms with Crippen LogP contribution in [0.2, 0.25) is 0 Å². The standard InChI is InChI=1S/C15H25N5O2/c1-15(2,3)22-14(21)20-8-5-11(6-9-20)10-18-12-4-7-17-13(16)19-12/h4,7,11H,5-6,8-10H2,1-3H3,(H3,16,17,18,19). The molecule has 7 nitrogen and oxygen atoms in total. The average molecular weight is 307 g/mol. The summed E-state index contributed by atoms with van der Waals surface area (Å²) in [4.78, 5) is 21.8. The Morgan fingerprint density at radius 1 is 1.45 bits per heavy atom. The van der Waals surface area contributed by atoms with Crippen molar-refractivity contribution >= 4 is 17.9 Å². The number of amides is 1. The summed E-state index contributed by atoms with van der Waals surface area (Å²) in [5.41, 5.74) is 5.11. The highest BCUT2D eigenvalue weighted by atomic mass is 16.6. The molecule has 0 saturated carbocycles. The summed E-state index contributed by atoms with van der Waals surface area (Å²) in [5.74, 6) is 1.52. The second-order valence-corrected chi connectivity index (χ2v) is 6.59. The Hall–Kier alpha value is -2.05. The van der Waals surface area contributed by atoms with E-state index in [1.54, 1.807) is 17.2 Å². The number of hydrogen-bond donors (Lipinski definition) is 2. The number of nitrogen functional groups attached to an aromatic ring is 1. The lowest BCUT2D eigenvalue weighted by molar-refractivity contribution is 0.0188. The number of aromatic nitrogens is 2. The third-order valence-corrected chi connectivity index (χ3v) is 3.51. The van der Waals surface area contributed by atoms with Crippen LogP contribution in [0.4, 0.5) is 16.6 Å². The number of anilines is 2. The van der Waals surface area contributed by atoms with Gasteiger partial charge in [0.05, 0.1) is 0 Å². The van der Waals surface area contributed by atoms with E-state index in [1.165, 1.54) is 0 Å². The van der Waals surface area contributed by atoms with Crippen LogP contribution >= 0.6 is 0 Å². The van der Waals surface area contributed by atoms with Gasteiger partial charge in [-0.2, -0.15) is 4.98 Å². The van der Waals surface area contributed by atoms with E-state index in [0.29, 0.717) is 5.92 Å². The zero-order valence-corrected chi connectivity index (χ0v) is 13.5. The fourth-order valence-corrected chi connectivity index (χ4v) is 2.37. The van der Waals surface area contributed by atoms with E-state index in [4.69, 9.17) is 10.5 Å². The number of piperidine rings is 1. The SMILES string of the molecule is CC(C)(C)OC(=O)N1CCC(CNc2ccnc(N)n2)CC1. The first-order chi connectivity index (χ1) is 10.3. The van der Waals surface area contributed by atoms with E-state index in [2.05, 4.69) is 15.3 Å². The van der Waals surface area contributed by atoms with Crippen LogP contribution in [-0.2, 0) is 4.74 Å². The van der Waals surface area contributed by atoms with Gasteiger partial charge in [-0.05, 0) is 45.6 Å². The zero-order chi connectivity index (χ0) is 16.2. The molecule has 0 atom stereocenters. The van der Waals surface area contributed by atoms with Crippen molar-refractivity contribution < 1.29 is 9.53 Å². The zero-order valence-electron chi connectivity index (χ0n) is 13.5. The number of likely N-dealkylation sites (tertiary alicyclic amines) is 1. The molecule has 1 amide bonds. The van der Waals surface area contributed by atoms with Crippen molar-refractivity contribution in [2.75, 3.05) is 30.7 Å². The molecule has 0 spiro atoms. The van der Waals surface area contributed by atoms with Gasteiger partial charge in [0.15, 0.2) is 0 Å². The average Bonchev–Trinajstić information content (AvgIpc) is 2.44. The Balaban J connectivity index is 1.74. The minimum Gasteiger partial charge on any atom is -0.444 e. The van der Waals surface area contributed by atoms with Crippen molar-refractivity contribution in [3.8, 4) is 0 Å². The van der Waals surface area contributed by atoms with Crippen LogP contribution in [0.15, 0.2) is 12.3 Å². The fourth-order valence-electron chi connectivity index (χ4n) is 2.37. The third-order valence-electron chi connectivity index (χ3n) is 3.51. The molecule has 0 radical (unpaired) electrons.